The topological polar surface area (TPSA) is 241 Å². The molecule has 2 aliphatic carbocycles. The Bertz CT molecular complexity index is 3790. The summed E-state index contributed by atoms with van der Waals surface area (Å²) in [7, 11) is 0. The van der Waals surface area contributed by atoms with Crippen LogP contribution in [0.15, 0.2) is 119 Å². The summed E-state index contributed by atoms with van der Waals surface area (Å²) in [4.78, 5) is 104. The van der Waals surface area contributed by atoms with E-state index < -0.39 is 70.5 Å². The minimum Gasteiger partial charge on any atom is -0.440 e. The number of imidazole rings is 2. The van der Waals surface area contributed by atoms with E-state index in [0.29, 0.717) is 74.4 Å². The Morgan fingerprint density at radius 3 is 1.61 bits per heavy atom. The zero-order chi connectivity index (χ0) is 55.1. The average molecular weight is 1080 g/mol. The number of hydrogen-bond acceptors (Lipinski definition) is 13. The second kappa shape index (κ2) is 21.5. The van der Waals surface area contributed by atoms with Crippen LogP contribution in [0.3, 0.4) is 0 Å². The molecular weight excluding hydrogens is 1030 g/mol. The van der Waals surface area contributed by atoms with Crippen molar-refractivity contribution in [2.45, 2.75) is 87.2 Å². The molecular formula is C56H50F4N10O9. The van der Waals surface area contributed by atoms with Gasteiger partial charge in [-0.15, -0.1) is 0 Å². The Morgan fingerprint density at radius 2 is 1.04 bits per heavy atom. The highest BCUT2D eigenvalue weighted by Gasteiger charge is 2.47. The number of aromatic nitrogens is 8. The number of fused-ring (bicyclic) bond motifs is 4. The summed E-state index contributed by atoms with van der Waals surface area (Å²) in [6, 6.07) is 20.1. The summed E-state index contributed by atoms with van der Waals surface area (Å²) in [5.41, 5.74) is -0.285. The highest BCUT2D eigenvalue weighted by atomic mass is 19.2. The van der Waals surface area contributed by atoms with E-state index in [9.17, 15) is 51.4 Å². The lowest BCUT2D eigenvalue weighted by atomic mass is 9.83. The summed E-state index contributed by atoms with van der Waals surface area (Å²) < 4.78 is 72.2. The molecule has 0 bridgehead atoms. The summed E-state index contributed by atoms with van der Waals surface area (Å²) in [6.07, 6.45) is 5.27. The van der Waals surface area contributed by atoms with Gasteiger partial charge >= 0.3 is 23.6 Å². The number of carbonyl (C=O) groups is 4. The standard InChI is InChI=1S/C28H25F2N5O5.C28H25F2N5O4/c29-19-6-1-5-18(22(19)30)28(39)11-8-21(23-17(24(28)36)4-2-12-31-23)40-27(38)34-14-9-16(10-15-34)35-20-7-3-13-32-25(20)33-26(35)37;29-20-6-1-4-17(23(20)30)18-8-9-22(24-19(25(18)36)5-2-12-31-24)39-28(38)34-14-10-16(11-15-34)35-21-7-3-13-32-26(21)33-27(35)37/h1-7,12-13,16,21,39H,8-11,14-15H2,(H,32,33,37);1-7,12-13,16,18,22H,8-11,14-15H2,(H,32,33,37)/t21-,28-;18?,22-/m11/s1. The SMILES string of the molecule is O=C(O[C@@H]1CC[C@@](O)(c2cccc(F)c2F)C(=O)c2cccnc21)N1CCC(n2c(=O)[nH]c3ncccc32)CC1.O=C1c2cccnc2[C@H](OC(=O)N2CCC(n3c(=O)[nH]c4ncccc43)CC2)CCC1c1cccc(F)c1F. The molecule has 12 rings (SSSR count). The first kappa shape index (κ1) is 52.2. The lowest BCUT2D eigenvalue weighted by molar-refractivity contribution is 0.0108. The molecule has 19 nitrogen and oxygen atoms in total. The lowest BCUT2D eigenvalue weighted by Crippen LogP contribution is -2.41. The molecule has 2 aromatic carbocycles. The van der Waals surface area contributed by atoms with Gasteiger partial charge < -0.3 is 24.4 Å². The minimum atomic E-state index is -2.37. The van der Waals surface area contributed by atoms with Gasteiger partial charge in [0, 0.05) is 85.3 Å². The van der Waals surface area contributed by atoms with E-state index in [1.54, 1.807) is 50.7 Å². The van der Waals surface area contributed by atoms with E-state index in [1.807, 2.05) is 12.1 Å². The van der Waals surface area contributed by atoms with E-state index in [4.69, 9.17) is 9.47 Å². The van der Waals surface area contributed by atoms with Crippen molar-refractivity contribution in [2.75, 3.05) is 26.2 Å². The smallest absolute Gasteiger partial charge is 0.410 e. The Labute approximate surface area is 445 Å². The molecule has 0 saturated carbocycles. The number of aromatic amines is 2. The maximum atomic E-state index is 14.7. The Balaban J connectivity index is 0.000000167. The number of likely N-dealkylation sites (tertiary alicyclic amines) is 2. The van der Waals surface area contributed by atoms with E-state index in [2.05, 4.69) is 29.9 Å². The van der Waals surface area contributed by atoms with Crippen LogP contribution in [0, 0.1) is 23.3 Å². The van der Waals surface area contributed by atoms with Gasteiger partial charge in [0.25, 0.3) is 0 Å². The Kier molecular flexibility index (Phi) is 14.2. The molecule has 2 saturated heterocycles. The normalized spacial score (nSPS) is 20.9. The fourth-order valence-electron chi connectivity index (χ4n) is 11.4. The summed E-state index contributed by atoms with van der Waals surface area (Å²) in [5, 5.41) is 11.4. The number of rotatable bonds is 6. The molecule has 2 fully saturated rings. The van der Waals surface area contributed by atoms with Gasteiger partial charge in [-0.3, -0.25) is 38.7 Å². The van der Waals surface area contributed by atoms with Crippen LogP contribution in [-0.2, 0) is 15.1 Å². The highest BCUT2D eigenvalue weighted by molar-refractivity contribution is 6.04. The molecule has 0 spiro atoms. The number of ether oxygens (including phenoxy) is 2. The van der Waals surface area contributed by atoms with Gasteiger partial charge in [0.1, 0.15) is 12.2 Å². The molecule has 2 aliphatic heterocycles. The van der Waals surface area contributed by atoms with Gasteiger partial charge in [-0.05, 0) is 112 Å². The number of amides is 2. The number of ketones is 2. The molecule has 3 N–H and O–H groups in total. The number of piperidine rings is 2. The molecule has 23 heteroatoms. The first-order chi connectivity index (χ1) is 38.2. The van der Waals surface area contributed by atoms with Crippen LogP contribution in [-0.4, -0.2) is 104 Å². The zero-order valence-corrected chi connectivity index (χ0v) is 42.1. The minimum absolute atomic E-state index is 0.0217. The van der Waals surface area contributed by atoms with Crippen LogP contribution in [0.2, 0.25) is 0 Å². The monoisotopic (exact) mass is 1080 g/mol. The van der Waals surface area contributed by atoms with Crippen molar-refractivity contribution in [3.8, 4) is 0 Å². The Hall–Kier alpha value is -8.86. The van der Waals surface area contributed by atoms with E-state index >= 15 is 0 Å². The highest BCUT2D eigenvalue weighted by Crippen LogP contribution is 2.42. The number of aliphatic hydroxyl groups is 1. The predicted molar refractivity (Wildman–Crippen MR) is 274 cm³/mol. The second-order valence-corrected chi connectivity index (χ2v) is 19.9. The number of benzene rings is 2. The lowest BCUT2D eigenvalue weighted by Gasteiger charge is -2.33. The molecule has 79 heavy (non-hydrogen) atoms. The van der Waals surface area contributed by atoms with Gasteiger partial charge in [0.2, 0.25) is 5.78 Å². The predicted octanol–water partition coefficient (Wildman–Crippen LogP) is 8.45. The van der Waals surface area contributed by atoms with Crippen molar-refractivity contribution >= 4 is 46.1 Å². The van der Waals surface area contributed by atoms with E-state index in [-0.39, 0.29) is 77.3 Å². The molecule has 0 radical (unpaired) electrons. The van der Waals surface area contributed by atoms with Crippen LogP contribution in [0.25, 0.3) is 22.3 Å². The molecule has 8 heterocycles. The third kappa shape index (κ3) is 9.82. The van der Waals surface area contributed by atoms with Gasteiger partial charge in [-0.1, -0.05) is 24.3 Å². The molecule has 406 valence electrons. The molecule has 1 unspecified atom stereocenters. The summed E-state index contributed by atoms with van der Waals surface area (Å²) in [6.45, 7) is 1.39. The van der Waals surface area contributed by atoms with E-state index in [1.165, 1.54) is 47.6 Å². The van der Waals surface area contributed by atoms with E-state index in [0.717, 1.165) is 23.7 Å². The van der Waals surface area contributed by atoms with Crippen LogP contribution in [0.4, 0.5) is 27.2 Å². The quantitative estimate of drug-likeness (QED) is 0.105. The molecule has 4 atom stereocenters. The first-order valence-corrected chi connectivity index (χ1v) is 25.8. The average Bonchev–Trinajstić information content (AvgIpc) is 3.96. The van der Waals surface area contributed by atoms with Crippen LogP contribution in [0.5, 0.6) is 0 Å². The number of Topliss-reactive ketones (excluding diaryl/α,β-unsaturated/α-hetero) is 2. The number of carbonyl (C=O) groups excluding carboxylic acids is 4. The number of halogens is 4. The molecule has 6 aromatic heterocycles. The third-order valence-corrected chi connectivity index (χ3v) is 15.4. The number of pyridine rings is 4. The molecule has 8 aromatic rings. The van der Waals surface area contributed by atoms with Crippen molar-refractivity contribution in [3.05, 3.63) is 188 Å². The fourth-order valence-corrected chi connectivity index (χ4v) is 11.4. The number of nitrogens with zero attached hydrogens (tertiary/aromatic N) is 8. The molecule has 4 aliphatic rings. The maximum Gasteiger partial charge on any atom is 0.410 e. The van der Waals surface area contributed by atoms with Gasteiger partial charge in [-0.2, -0.15) is 0 Å². The largest absolute Gasteiger partial charge is 0.440 e. The van der Waals surface area contributed by atoms with Crippen molar-refractivity contribution < 1.29 is 51.3 Å². The number of H-pyrrole nitrogens is 2. The summed E-state index contributed by atoms with van der Waals surface area (Å²) in [5.74, 6) is -6.73. The Morgan fingerprint density at radius 1 is 0.557 bits per heavy atom. The van der Waals surface area contributed by atoms with Crippen molar-refractivity contribution in [2.24, 2.45) is 0 Å². The van der Waals surface area contributed by atoms with Crippen molar-refractivity contribution in [3.63, 3.8) is 0 Å². The van der Waals surface area contributed by atoms with Crippen molar-refractivity contribution in [1.29, 1.82) is 0 Å². The maximum absolute atomic E-state index is 14.7. The molecule has 2 amide bonds. The third-order valence-electron chi connectivity index (χ3n) is 15.4. The number of nitrogens with one attached hydrogen (secondary N) is 2. The summed E-state index contributed by atoms with van der Waals surface area (Å²) >= 11 is 0. The van der Waals surface area contributed by atoms with Crippen molar-refractivity contribution in [1.82, 2.24) is 48.8 Å². The van der Waals surface area contributed by atoms with Gasteiger partial charge in [0.05, 0.1) is 28.3 Å². The fraction of sp³-hybridized carbons (Fsp3) is 0.321. The first-order valence-electron chi connectivity index (χ1n) is 25.8. The number of hydrogen-bond donors (Lipinski definition) is 3. The van der Waals surface area contributed by atoms with Gasteiger partial charge in [-0.25, -0.2) is 46.7 Å². The van der Waals surface area contributed by atoms with Crippen LogP contribution < -0.4 is 11.4 Å². The second-order valence-electron chi connectivity index (χ2n) is 19.9. The van der Waals surface area contributed by atoms with Crippen LogP contribution >= 0.6 is 0 Å². The van der Waals surface area contributed by atoms with Gasteiger partial charge in [0.15, 0.2) is 45.9 Å². The van der Waals surface area contributed by atoms with Crippen LogP contribution in [0.1, 0.15) is 125 Å². The zero-order valence-electron chi connectivity index (χ0n) is 42.1.